The van der Waals surface area contributed by atoms with E-state index in [9.17, 15) is 22.8 Å². The predicted molar refractivity (Wildman–Crippen MR) is 88.8 cm³/mol. The summed E-state index contributed by atoms with van der Waals surface area (Å²) >= 11 is 5.95. The lowest BCUT2D eigenvalue weighted by Crippen LogP contribution is -2.40. The van der Waals surface area contributed by atoms with E-state index in [-0.39, 0.29) is 16.8 Å². The third-order valence-corrected chi connectivity index (χ3v) is 4.46. The Hall–Kier alpha value is -2.03. The van der Waals surface area contributed by atoms with Crippen molar-refractivity contribution in [1.29, 1.82) is 0 Å². The summed E-state index contributed by atoms with van der Waals surface area (Å²) in [7, 11) is 1.45. The van der Waals surface area contributed by atoms with Gasteiger partial charge in [-0.05, 0) is 25.8 Å². The number of nitrogens with one attached hydrogen (secondary N) is 1. The molecule has 1 saturated heterocycles. The molecule has 144 valence electrons. The zero-order valence-corrected chi connectivity index (χ0v) is 15.0. The van der Waals surface area contributed by atoms with Gasteiger partial charge in [-0.1, -0.05) is 11.6 Å². The van der Waals surface area contributed by atoms with Crippen molar-refractivity contribution in [1.82, 2.24) is 10.3 Å². The molecule has 0 aromatic carbocycles. The number of carbonyl (C=O) groups is 2. The molecule has 1 aliphatic rings. The Labute approximate surface area is 153 Å². The van der Waals surface area contributed by atoms with Gasteiger partial charge in [0.1, 0.15) is 5.82 Å². The van der Waals surface area contributed by atoms with Crippen molar-refractivity contribution in [2.75, 3.05) is 25.0 Å². The van der Waals surface area contributed by atoms with Crippen LogP contribution < -0.4 is 10.2 Å². The fourth-order valence-electron chi connectivity index (χ4n) is 2.67. The fraction of sp³-hybridized carbons (Fsp3) is 0.562. The van der Waals surface area contributed by atoms with E-state index in [1.807, 2.05) is 0 Å². The van der Waals surface area contributed by atoms with Gasteiger partial charge in [0.15, 0.2) is 6.10 Å². The summed E-state index contributed by atoms with van der Waals surface area (Å²) in [6.07, 6.45) is -3.78. The Balaban J connectivity index is 1.96. The summed E-state index contributed by atoms with van der Waals surface area (Å²) in [6.45, 7) is 2.27. The number of amides is 1. The Morgan fingerprint density at radius 2 is 2.00 bits per heavy atom. The molecule has 1 fully saturated rings. The van der Waals surface area contributed by atoms with Crippen molar-refractivity contribution in [2.45, 2.75) is 32.0 Å². The van der Waals surface area contributed by atoms with Gasteiger partial charge in [-0.15, -0.1) is 0 Å². The molecule has 1 atom stereocenters. The number of hydrogen-bond acceptors (Lipinski definition) is 5. The van der Waals surface area contributed by atoms with Crippen LogP contribution in [0.2, 0.25) is 5.02 Å². The molecular weight excluding hydrogens is 375 g/mol. The van der Waals surface area contributed by atoms with Crippen molar-refractivity contribution >= 4 is 29.3 Å². The molecular formula is C16H19ClF3N3O3. The number of hydrogen-bond donors (Lipinski definition) is 1. The van der Waals surface area contributed by atoms with E-state index in [0.29, 0.717) is 25.9 Å². The first-order chi connectivity index (χ1) is 12.1. The van der Waals surface area contributed by atoms with Crippen molar-refractivity contribution in [3.63, 3.8) is 0 Å². The standard InChI is InChI=1S/C16H19ClF3N3O3/c1-9(14(24)21-2)26-15(25)10-3-5-23(6-4-10)13-12(17)7-11(8-22-13)16(18,19)20/h7-10H,3-6H2,1-2H3,(H,21,24)/t9-/m1/s1. The van der Waals surface area contributed by atoms with Crippen LogP contribution in [0.3, 0.4) is 0 Å². The van der Waals surface area contributed by atoms with Gasteiger partial charge in [-0.25, -0.2) is 4.98 Å². The van der Waals surface area contributed by atoms with Crippen LogP contribution >= 0.6 is 11.6 Å². The van der Waals surface area contributed by atoms with Crippen LogP contribution in [0, 0.1) is 5.92 Å². The summed E-state index contributed by atoms with van der Waals surface area (Å²) in [5.41, 5.74) is -0.909. The van der Waals surface area contributed by atoms with E-state index in [2.05, 4.69) is 10.3 Å². The maximum atomic E-state index is 12.7. The van der Waals surface area contributed by atoms with Crippen molar-refractivity contribution in [2.24, 2.45) is 5.92 Å². The Kier molecular flexibility index (Phi) is 6.33. The molecule has 1 amide bonds. The Morgan fingerprint density at radius 3 is 2.50 bits per heavy atom. The van der Waals surface area contributed by atoms with Crippen molar-refractivity contribution in [3.8, 4) is 0 Å². The number of esters is 1. The number of nitrogens with zero attached hydrogens (tertiary/aromatic N) is 2. The van der Waals surface area contributed by atoms with Gasteiger partial charge < -0.3 is 15.0 Å². The van der Waals surface area contributed by atoms with E-state index >= 15 is 0 Å². The normalized spacial score (nSPS) is 16.9. The quantitative estimate of drug-likeness (QED) is 0.796. The van der Waals surface area contributed by atoms with Crippen LogP contribution in [0.5, 0.6) is 0 Å². The number of piperidine rings is 1. The number of aromatic nitrogens is 1. The molecule has 0 saturated carbocycles. The molecule has 0 radical (unpaired) electrons. The van der Waals surface area contributed by atoms with E-state index in [4.69, 9.17) is 16.3 Å². The highest BCUT2D eigenvalue weighted by atomic mass is 35.5. The molecule has 1 aromatic heterocycles. The van der Waals surface area contributed by atoms with Crippen LogP contribution in [-0.2, 0) is 20.5 Å². The summed E-state index contributed by atoms with van der Waals surface area (Å²) in [5.74, 6) is -0.986. The second-order valence-corrected chi connectivity index (χ2v) is 6.39. The molecule has 6 nitrogen and oxygen atoms in total. The van der Waals surface area contributed by atoms with Crippen LogP contribution in [0.25, 0.3) is 0 Å². The molecule has 1 aliphatic heterocycles. The second-order valence-electron chi connectivity index (χ2n) is 5.98. The highest BCUT2D eigenvalue weighted by molar-refractivity contribution is 6.33. The molecule has 26 heavy (non-hydrogen) atoms. The van der Waals surface area contributed by atoms with Crippen LogP contribution in [0.15, 0.2) is 12.3 Å². The van der Waals surface area contributed by atoms with E-state index in [0.717, 1.165) is 12.3 Å². The third-order valence-electron chi connectivity index (χ3n) is 4.19. The number of ether oxygens (including phenoxy) is 1. The minimum atomic E-state index is -4.51. The van der Waals surface area contributed by atoms with Gasteiger partial charge in [-0.3, -0.25) is 9.59 Å². The van der Waals surface area contributed by atoms with Gasteiger partial charge in [0.05, 0.1) is 16.5 Å². The number of halogens is 4. The topological polar surface area (TPSA) is 71.5 Å². The zero-order chi connectivity index (χ0) is 19.5. The maximum absolute atomic E-state index is 12.7. The zero-order valence-electron chi connectivity index (χ0n) is 14.3. The Bertz CT molecular complexity index is 676. The molecule has 0 unspecified atom stereocenters. The number of pyridine rings is 1. The summed E-state index contributed by atoms with van der Waals surface area (Å²) in [6, 6.07) is 0.843. The van der Waals surface area contributed by atoms with Gasteiger partial charge in [0.25, 0.3) is 5.91 Å². The summed E-state index contributed by atoms with van der Waals surface area (Å²) in [4.78, 5) is 29.1. The average molecular weight is 394 g/mol. The van der Waals surface area contributed by atoms with Crippen LogP contribution in [-0.4, -0.2) is 43.1 Å². The molecule has 0 bridgehead atoms. The first-order valence-corrected chi connectivity index (χ1v) is 8.41. The summed E-state index contributed by atoms with van der Waals surface area (Å²) in [5, 5.41) is 2.31. The number of alkyl halides is 3. The highest BCUT2D eigenvalue weighted by Gasteiger charge is 2.33. The number of anilines is 1. The Morgan fingerprint density at radius 1 is 1.38 bits per heavy atom. The lowest BCUT2D eigenvalue weighted by atomic mass is 9.97. The maximum Gasteiger partial charge on any atom is 0.417 e. The molecule has 2 rings (SSSR count). The highest BCUT2D eigenvalue weighted by Crippen LogP contribution is 2.34. The van der Waals surface area contributed by atoms with Crippen molar-refractivity contribution in [3.05, 3.63) is 22.8 Å². The molecule has 0 spiro atoms. The van der Waals surface area contributed by atoms with E-state index in [1.54, 1.807) is 4.90 Å². The van der Waals surface area contributed by atoms with Gasteiger partial charge in [0.2, 0.25) is 0 Å². The predicted octanol–water partition coefficient (Wildman–Crippen LogP) is 2.65. The smallest absolute Gasteiger partial charge is 0.417 e. The summed E-state index contributed by atoms with van der Waals surface area (Å²) < 4.78 is 43.2. The van der Waals surface area contributed by atoms with Crippen LogP contribution in [0.4, 0.5) is 19.0 Å². The third kappa shape index (κ3) is 4.78. The number of likely N-dealkylation sites (N-methyl/N-ethyl adjacent to an activating group) is 1. The molecule has 0 aliphatic carbocycles. The number of carbonyl (C=O) groups excluding carboxylic acids is 2. The molecule has 1 aromatic rings. The second kappa shape index (κ2) is 8.11. The van der Waals surface area contributed by atoms with E-state index < -0.39 is 29.7 Å². The lowest BCUT2D eigenvalue weighted by Gasteiger charge is -2.32. The van der Waals surface area contributed by atoms with E-state index in [1.165, 1.54) is 14.0 Å². The molecule has 10 heteroatoms. The minimum absolute atomic E-state index is 0.0888. The van der Waals surface area contributed by atoms with Crippen molar-refractivity contribution < 1.29 is 27.5 Å². The fourth-order valence-corrected chi connectivity index (χ4v) is 2.96. The monoisotopic (exact) mass is 393 g/mol. The van der Waals surface area contributed by atoms with Gasteiger partial charge in [0, 0.05) is 26.3 Å². The largest absolute Gasteiger partial charge is 0.452 e. The SMILES string of the molecule is CNC(=O)[C@@H](C)OC(=O)C1CCN(c2ncc(C(F)(F)F)cc2Cl)CC1. The lowest BCUT2D eigenvalue weighted by molar-refractivity contribution is -0.159. The molecule has 2 heterocycles. The van der Waals surface area contributed by atoms with Crippen LogP contribution in [0.1, 0.15) is 25.3 Å². The number of rotatable bonds is 4. The molecule has 1 N–H and O–H groups in total. The average Bonchev–Trinajstić information content (AvgIpc) is 2.60. The minimum Gasteiger partial charge on any atom is -0.452 e. The first kappa shape index (κ1) is 20.3. The van der Waals surface area contributed by atoms with Gasteiger partial charge in [-0.2, -0.15) is 13.2 Å². The first-order valence-electron chi connectivity index (χ1n) is 8.03. The van der Waals surface area contributed by atoms with Gasteiger partial charge >= 0.3 is 12.1 Å².